The Morgan fingerprint density at radius 3 is 2.30 bits per heavy atom. The van der Waals surface area contributed by atoms with Gasteiger partial charge in [-0.25, -0.2) is 0 Å². The van der Waals surface area contributed by atoms with Crippen LogP contribution in [0.1, 0.15) is 85.0 Å². The molecule has 2 aliphatic carbocycles. The lowest BCUT2D eigenvalue weighted by Crippen LogP contribution is -2.29. The minimum atomic E-state index is -0.0351. The van der Waals surface area contributed by atoms with Gasteiger partial charge in [0, 0.05) is 11.0 Å². The summed E-state index contributed by atoms with van der Waals surface area (Å²) >= 11 is 2.11. The summed E-state index contributed by atoms with van der Waals surface area (Å²) in [4.78, 5) is 0. The van der Waals surface area contributed by atoms with Crippen LogP contribution >= 0.6 is 11.8 Å². The summed E-state index contributed by atoms with van der Waals surface area (Å²) in [5.41, 5.74) is 0. The molecule has 136 valence electrons. The molecule has 2 rings (SSSR count). The third-order valence-electron chi connectivity index (χ3n) is 5.89. The Bertz CT molecular complexity index is 296. The first-order valence-electron chi connectivity index (χ1n) is 10.1. The van der Waals surface area contributed by atoms with Crippen LogP contribution in [0.4, 0.5) is 0 Å². The van der Waals surface area contributed by atoms with Gasteiger partial charge in [-0.1, -0.05) is 39.5 Å². The maximum atomic E-state index is 6.11. The first-order valence-corrected chi connectivity index (χ1v) is 11.1. The maximum absolute atomic E-state index is 6.11. The van der Waals surface area contributed by atoms with E-state index in [4.69, 9.17) is 9.47 Å². The normalized spacial score (nSPS) is 29.3. The van der Waals surface area contributed by atoms with Crippen molar-refractivity contribution in [3.05, 3.63) is 0 Å². The average molecular weight is 343 g/mol. The van der Waals surface area contributed by atoms with Crippen LogP contribution in [0.25, 0.3) is 0 Å². The second-order valence-corrected chi connectivity index (χ2v) is 9.04. The molecule has 2 fully saturated rings. The summed E-state index contributed by atoms with van der Waals surface area (Å²) in [6.45, 7) is 7.63. The first-order chi connectivity index (χ1) is 11.2. The molecule has 0 aromatic rings. The molecular formula is C20H38O2S. The molecule has 23 heavy (non-hydrogen) atoms. The van der Waals surface area contributed by atoms with Gasteiger partial charge in [0.2, 0.25) is 0 Å². The molecule has 0 heterocycles. The Morgan fingerprint density at radius 1 is 0.957 bits per heavy atom. The fourth-order valence-corrected chi connectivity index (χ4v) is 5.29. The SMILES string of the molecule is CCC(C)C1CCC(OC(C)OCCSC2CCCCC2)CC1. The summed E-state index contributed by atoms with van der Waals surface area (Å²) in [5.74, 6) is 2.92. The van der Waals surface area contributed by atoms with Gasteiger partial charge in [0.15, 0.2) is 6.29 Å². The van der Waals surface area contributed by atoms with Crippen LogP contribution in [-0.2, 0) is 9.47 Å². The number of hydrogen-bond donors (Lipinski definition) is 0. The minimum Gasteiger partial charge on any atom is -0.352 e. The monoisotopic (exact) mass is 342 g/mol. The summed E-state index contributed by atoms with van der Waals surface area (Å²) in [6.07, 6.45) is 13.9. The van der Waals surface area contributed by atoms with Gasteiger partial charge in [0.25, 0.3) is 0 Å². The lowest BCUT2D eigenvalue weighted by Gasteiger charge is -2.33. The van der Waals surface area contributed by atoms with Crippen LogP contribution in [0, 0.1) is 11.8 Å². The van der Waals surface area contributed by atoms with Crippen LogP contribution in [0.3, 0.4) is 0 Å². The van der Waals surface area contributed by atoms with Gasteiger partial charge in [-0.2, -0.15) is 11.8 Å². The third kappa shape index (κ3) is 7.36. The quantitative estimate of drug-likeness (QED) is 0.376. The third-order valence-corrected chi connectivity index (χ3v) is 7.24. The molecule has 2 atom stereocenters. The Hall–Kier alpha value is 0.270. The van der Waals surface area contributed by atoms with Gasteiger partial charge in [-0.05, 0) is 57.3 Å². The molecule has 0 aliphatic heterocycles. The van der Waals surface area contributed by atoms with E-state index in [1.54, 1.807) is 0 Å². The molecule has 0 aromatic carbocycles. The minimum absolute atomic E-state index is 0.0351. The van der Waals surface area contributed by atoms with E-state index in [9.17, 15) is 0 Å². The number of hydrogen-bond acceptors (Lipinski definition) is 3. The summed E-state index contributed by atoms with van der Waals surface area (Å²) in [7, 11) is 0. The topological polar surface area (TPSA) is 18.5 Å². The van der Waals surface area contributed by atoms with Gasteiger partial charge in [-0.3, -0.25) is 0 Å². The number of thioether (sulfide) groups is 1. The van der Waals surface area contributed by atoms with Crippen molar-refractivity contribution < 1.29 is 9.47 Å². The van der Waals surface area contributed by atoms with Crippen molar-refractivity contribution in [1.29, 1.82) is 0 Å². The van der Waals surface area contributed by atoms with E-state index in [1.807, 2.05) is 0 Å². The van der Waals surface area contributed by atoms with Crippen molar-refractivity contribution in [3.63, 3.8) is 0 Å². The second-order valence-electron chi connectivity index (χ2n) is 7.63. The van der Waals surface area contributed by atoms with Crippen LogP contribution < -0.4 is 0 Å². The van der Waals surface area contributed by atoms with E-state index in [-0.39, 0.29) is 6.29 Å². The molecule has 0 amide bonds. The molecule has 2 nitrogen and oxygen atoms in total. The number of rotatable bonds is 9. The summed E-state index contributed by atoms with van der Waals surface area (Å²) in [5, 5.41) is 0.888. The van der Waals surface area contributed by atoms with Crippen molar-refractivity contribution >= 4 is 11.8 Å². The molecule has 2 aliphatic rings. The van der Waals surface area contributed by atoms with E-state index in [0.29, 0.717) is 6.10 Å². The van der Waals surface area contributed by atoms with Crippen LogP contribution in [0.5, 0.6) is 0 Å². The van der Waals surface area contributed by atoms with E-state index < -0.39 is 0 Å². The largest absolute Gasteiger partial charge is 0.352 e. The lowest BCUT2D eigenvalue weighted by molar-refractivity contribution is -0.165. The van der Waals surface area contributed by atoms with Gasteiger partial charge in [0.05, 0.1) is 12.7 Å². The van der Waals surface area contributed by atoms with Crippen molar-refractivity contribution in [2.24, 2.45) is 11.8 Å². The zero-order valence-electron chi connectivity index (χ0n) is 15.6. The van der Waals surface area contributed by atoms with Crippen molar-refractivity contribution in [3.8, 4) is 0 Å². The molecule has 3 heteroatoms. The van der Waals surface area contributed by atoms with E-state index >= 15 is 0 Å². The predicted octanol–water partition coefficient (Wildman–Crippen LogP) is 6.04. The summed E-state index contributed by atoms with van der Waals surface area (Å²) < 4.78 is 12.0. The van der Waals surface area contributed by atoms with Gasteiger partial charge >= 0.3 is 0 Å². The molecule has 0 bridgehead atoms. The molecular weight excluding hydrogens is 304 g/mol. The fraction of sp³-hybridized carbons (Fsp3) is 1.00. The van der Waals surface area contributed by atoms with E-state index in [1.165, 1.54) is 64.2 Å². The highest BCUT2D eigenvalue weighted by Gasteiger charge is 2.26. The Morgan fingerprint density at radius 2 is 1.65 bits per heavy atom. The smallest absolute Gasteiger partial charge is 0.155 e. The van der Waals surface area contributed by atoms with Gasteiger partial charge in [-0.15, -0.1) is 0 Å². The lowest BCUT2D eigenvalue weighted by atomic mass is 9.79. The zero-order chi connectivity index (χ0) is 16.5. The molecule has 2 saturated carbocycles. The molecule has 0 aromatic heterocycles. The van der Waals surface area contributed by atoms with Gasteiger partial charge in [0.1, 0.15) is 0 Å². The molecule has 0 radical (unpaired) electrons. The highest BCUT2D eigenvalue weighted by molar-refractivity contribution is 7.99. The van der Waals surface area contributed by atoms with Crippen LogP contribution in [0.15, 0.2) is 0 Å². The van der Waals surface area contributed by atoms with Crippen molar-refractivity contribution in [2.45, 2.75) is 103 Å². The van der Waals surface area contributed by atoms with E-state index in [2.05, 4.69) is 32.5 Å². The Labute approximate surface area is 148 Å². The fourth-order valence-electron chi connectivity index (χ4n) is 4.10. The standard InChI is InChI=1S/C20H38O2S/c1-4-16(2)18-10-12-19(13-11-18)22-17(3)21-14-15-23-20-8-6-5-7-9-20/h16-20H,4-15H2,1-3H3. The molecule has 0 N–H and O–H groups in total. The highest BCUT2D eigenvalue weighted by Crippen LogP contribution is 2.33. The Balaban J connectivity index is 1.50. The average Bonchev–Trinajstić information content (AvgIpc) is 2.59. The highest BCUT2D eigenvalue weighted by atomic mass is 32.2. The Kier molecular flexibility index (Phi) is 9.37. The second kappa shape index (κ2) is 11.0. The van der Waals surface area contributed by atoms with Gasteiger partial charge < -0.3 is 9.47 Å². The van der Waals surface area contributed by atoms with Crippen molar-refractivity contribution in [1.82, 2.24) is 0 Å². The van der Waals surface area contributed by atoms with Crippen molar-refractivity contribution in [2.75, 3.05) is 12.4 Å². The number of ether oxygens (including phenoxy) is 2. The predicted molar refractivity (Wildman–Crippen MR) is 101 cm³/mol. The first kappa shape index (κ1) is 19.6. The molecule has 0 spiro atoms. The van der Waals surface area contributed by atoms with E-state index in [0.717, 1.165) is 29.4 Å². The molecule has 2 unspecified atom stereocenters. The zero-order valence-corrected chi connectivity index (χ0v) is 16.4. The maximum Gasteiger partial charge on any atom is 0.155 e. The molecule has 0 saturated heterocycles. The summed E-state index contributed by atoms with van der Waals surface area (Å²) in [6, 6.07) is 0. The van der Waals surface area contributed by atoms with Crippen LogP contribution in [-0.4, -0.2) is 30.0 Å². The van der Waals surface area contributed by atoms with Crippen LogP contribution in [0.2, 0.25) is 0 Å².